The molecule has 15 heavy (non-hydrogen) atoms. The van der Waals surface area contributed by atoms with Crippen LogP contribution in [0, 0.1) is 0 Å². The quantitative estimate of drug-likeness (QED) is 0.742. The van der Waals surface area contributed by atoms with E-state index in [1.165, 1.54) is 11.2 Å². The zero-order chi connectivity index (χ0) is 11.5. The van der Waals surface area contributed by atoms with E-state index in [0.29, 0.717) is 18.7 Å². The van der Waals surface area contributed by atoms with Gasteiger partial charge in [0.05, 0.1) is 0 Å². The predicted molar refractivity (Wildman–Crippen MR) is 62.6 cm³/mol. The van der Waals surface area contributed by atoms with Crippen molar-refractivity contribution in [2.75, 3.05) is 24.3 Å². The lowest BCUT2D eigenvalue weighted by atomic mass is 10.3. The van der Waals surface area contributed by atoms with Gasteiger partial charge in [-0.05, 0) is 6.42 Å². The molecule has 4 nitrogen and oxygen atoms in total. The monoisotopic (exact) mass is 251 g/mol. The van der Waals surface area contributed by atoms with Crippen LogP contribution in [0.2, 0.25) is 0 Å². The van der Waals surface area contributed by atoms with Crippen molar-refractivity contribution in [3.05, 3.63) is 0 Å². The average Bonchev–Trinajstić information content (AvgIpc) is 2.17. The van der Waals surface area contributed by atoms with Gasteiger partial charge in [-0.1, -0.05) is 6.92 Å². The molecule has 1 aliphatic heterocycles. The largest absolute Gasteiger partial charge is 0.324 e. The number of carbonyl (C=O) groups is 1. The van der Waals surface area contributed by atoms with E-state index < -0.39 is 15.2 Å². The number of amides is 1. The van der Waals surface area contributed by atoms with Crippen molar-refractivity contribution >= 4 is 27.5 Å². The maximum atomic E-state index is 11.7. The fourth-order valence-electron chi connectivity index (χ4n) is 1.58. The summed E-state index contributed by atoms with van der Waals surface area (Å²) < 4.78 is 23.0. The van der Waals surface area contributed by atoms with E-state index in [0.717, 1.165) is 12.2 Å². The van der Waals surface area contributed by atoms with Crippen molar-refractivity contribution in [1.82, 2.24) is 4.90 Å². The van der Waals surface area contributed by atoms with Crippen molar-refractivity contribution in [2.45, 2.75) is 25.1 Å². The molecule has 0 radical (unpaired) electrons. The van der Waals surface area contributed by atoms with Crippen molar-refractivity contribution < 1.29 is 13.2 Å². The van der Waals surface area contributed by atoms with Crippen LogP contribution in [-0.2, 0) is 14.6 Å². The molecular formula is C9H17NO3S2. The van der Waals surface area contributed by atoms with E-state index in [9.17, 15) is 13.2 Å². The Morgan fingerprint density at radius 1 is 1.53 bits per heavy atom. The molecule has 1 saturated heterocycles. The molecule has 1 fully saturated rings. The number of carbonyl (C=O) groups excluding carboxylic acids is 1. The van der Waals surface area contributed by atoms with Gasteiger partial charge in [-0.3, -0.25) is 4.79 Å². The SMILES string of the molecule is CCCC(=O)N1CCSCC1S(C)(=O)=O. The van der Waals surface area contributed by atoms with Gasteiger partial charge in [0.2, 0.25) is 5.91 Å². The number of thioether (sulfide) groups is 1. The first-order chi connectivity index (χ1) is 6.96. The second-order valence-electron chi connectivity index (χ2n) is 3.70. The standard InChI is InChI=1S/C9H17NO3S2/c1-3-4-8(11)10-5-6-14-7-9(10)15(2,12)13/h9H,3-7H2,1-2H3. The highest BCUT2D eigenvalue weighted by molar-refractivity contribution is 8.00. The van der Waals surface area contributed by atoms with Gasteiger partial charge in [0, 0.05) is 30.7 Å². The summed E-state index contributed by atoms with van der Waals surface area (Å²) in [4.78, 5) is 13.2. The molecule has 0 saturated carbocycles. The van der Waals surface area contributed by atoms with Gasteiger partial charge in [-0.15, -0.1) is 0 Å². The predicted octanol–water partition coefficient (Wildman–Crippen LogP) is 0.733. The number of hydrogen-bond acceptors (Lipinski definition) is 4. The third-order valence-electron chi connectivity index (χ3n) is 2.36. The maximum Gasteiger partial charge on any atom is 0.223 e. The van der Waals surface area contributed by atoms with Crippen LogP contribution in [0.3, 0.4) is 0 Å². The van der Waals surface area contributed by atoms with Gasteiger partial charge in [0.25, 0.3) is 0 Å². The number of nitrogens with zero attached hydrogens (tertiary/aromatic N) is 1. The Morgan fingerprint density at radius 2 is 2.20 bits per heavy atom. The van der Waals surface area contributed by atoms with Crippen molar-refractivity contribution in [3.63, 3.8) is 0 Å². The first-order valence-electron chi connectivity index (χ1n) is 5.03. The van der Waals surface area contributed by atoms with E-state index in [4.69, 9.17) is 0 Å². The molecule has 1 amide bonds. The smallest absolute Gasteiger partial charge is 0.223 e. The summed E-state index contributed by atoms with van der Waals surface area (Å²) >= 11 is 1.60. The van der Waals surface area contributed by atoms with Gasteiger partial charge < -0.3 is 4.90 Å². The van der Waals surface area contributed by atoms with Crippen molar-refractivity contribution in [1.29, 1.82) is 0 Å². The first-order valence-corrected chi connectivity index (χ1v) is 8.13. The van der Waals surface area contributed by atoms with E-state index in [1.807, 2.05) is 6.92 Å². The van der Waals surface area contributed by atoms with E-state index >= 15 is 0 Å². The van der Waals surface area contributed by atoms with Crippen LogP contribution < -0.4 is 0 Å². The molecule has 0 bridgehead atoms. The lowest BCUT2D eigenvalue weighted by Crippen LogP contribution is -2.49. The van der Waals surface area contributed by atoms with E-state index in [-0.39, 0.29) is 5.91 Å². The lowest BCUT2D eigenvalue weighted by Gasteiger charge is -2.34. The fourth-order valence-corrected chi connectivity index (χ4v) is 4.42. The summed E-state index contributed by atoms with van der Waals surface area (Å²) in [5.41, 5.74) is 0. The molecule has 1 atom stereocenters. The zero-order valence-corrected chi connectivity index (χ0v) is 10.7. The zero-order valence-electron chi connectivity index (χ0n) is 9.10. The van der Waals surface area contributed by atoms with Gasteiger partial charge in [-0.2, -0.15) is 11.8 Å². The highest BCUT2D eigenvalue weighted by atomic mass is 32.2. The van der Waals surface area contributed by atoms with Gasteiger partial charge in [-0.25, -0.2) is 8.42 Å². The Balaban J connectivity index is 2.79. The Morgan fingerprint density at radius 3 is 2.73 bits per heavy atom. The molecule has 0 aromatic rings. The van der Waals surface area contributed by atoms with Gasteiger partial charge in [0.1, 0.15) is 5.37 Å². The van der Waals surface area contributed by atoms with Crippen LogP contribution in [-0.4, -0.2) is 48.9 Å². The number of hydrogen-bond donors (Lipinski definition) is 0. The molecule has 1 unspecified atom stereocenters. The van der Waals surface area contributed by atoms with Crippen LogP contribution in [0.5, 0.6) is 0 Å². The fraction of sp³-hybridized carbons (Fsp3) is 0.889. The second kappa shape index (κ2) is 5.21. The molecule has 6 heteroatoms. The Hall–Kier alpha value is -0.230. The third-order valence-corrected chi connectivity index (χ3v) is 5.01. The molecule has 88 valence electrons. The first kappa shape index (κ1) is 12.8. The van der Waals surface area contributed by atoms with Gasteiger partial charge >= 0.3 is 0 Å². The molecular weight excluding hydrogens is 234 g/mol. The summed E-state index contributed by atoms with van der Waals surface area (Å²) in [5, 5.41) is -0.615. The molecule has 0 aromatic heterocycles. The number of rotatable bonds is 3. The Labute approximate surface area is 95.3 Å². The second-order valence-corrected chi connectivity index (χ2v) is 7.05. The van der Waals surface area contributed by atoms with Crippen LogP contribution in [0.1, 0.15) is 19.8 Å². The molecule has 0 spiro atoms. The Bertz CT molecular complexity index is 326. The van der Waals surface area contributed by atoms with Crippen LogP contribution in [0.15, 0.2) is 0 Å². The van der Waals surface area contributed by atoms with Crippen LogP contribution in [0.25, 0.3) is 0 Å². The van der Waals surface area contributed by atoms with Crippen LogP contribution >= 0.6 is 11.8 Å². The average molecular weight is 251 g/mol. The minimum Gasteiger partial charge on any atom is -0.324 e. The van der Waals surface area contributed by atoms with E-state index in [1.54, 1.807) is 11.8 Å². The summed E-state index contributed by atoms with van der Waals surface area (Å²) in [6.07, 6.45) is 2.41. The lowest BCUT2D eigenvalue weighted by molar-refractivity contribution is -0.131. The topological polar surface area (TPSA) is 54.5 Å². The molecule has 1 rings (SSSR count). The Kier molecular flexibility index (Phi) is 4.45. The summed E-state index contributed by atoms with van der Waals surface area (Å²) in [5.74, 6) is 1.31. The molecule has 1 heterocycles. The maximum absolute atomic E-state index is 11.7. The minimum absolute atomic E-state index is 0.0341. The molecule has 1 aliphatic rings. The molecule has 0 aliphatic carbocycles. The van der Waals surface area contributed by atoms with Gasteiger partial charge in [0.15, 0.2) is 9.84 Å². The van der Waals surface area contributed by atoms with Crippen LogP contribution in [0.4, 0.5) is 0 Å². The summed E-state index contributed by atoms with van der Waals surface area (Å²) in [6, 6.07) is 0. The van der Waals surface area contributed by atoms with E-state index in [2.05, 4.69) is 0 Å². The highest BCUT2D eigenvalue weighted by Gasteiger charge is 2.33. The van der Waals surface area contributed by atoms with Crippen molar-refractivity contribution in [2.24, 2.45) is 0 Å². The number of sulfone groups is 1. The highest BCUT2D eigenvalue weighted by Crippen LogP contribution is 2.21. The normalized spacial score (nSPS) is 22.8. The molecule has 0 N–H and O–H groups in total. The molecule has 0 aromatic carbocycles. The summed E-state index contributed by atoms with van der Waals surface area (Å²) in [6.45, 7) is 2.48. The third kappa shape index (κ3) is 3.38. The minimum atomic E-state index is -3.15. The summed E-state index contributed by atoms with van der Waals surface area (Å²) in [7, 11) is -3.15. The van der Waals surface area contributed by atoms with Crippen molar-refractivity contribution in [3.8, 4) is 0 Å².